The highest BCUT2D eigenvalue weighted by molar-refractivity contribution is 7.20. The maximum Gasteiger partial charge on any atom is 0.152 e. The Kier molecular flexibility index (Phi) is 3.31. The first kappa shape index (κ1) is 13.0. The molecule has 1 N–H and O–H groups in total. The third-order valence-electron chi connectivity index (χ3n) is 2.87. The molecule has 19 heavy (non-hydrogen) atoms. The van der Waals surface area contributed by atoms with E-state index in [1.807, 2.05) is 6.07 Å². The molecule has 2 aromatic heterocycles. The van der Waals surface area contributed by atoms with Crippen molar-refractivity contribution in [2.75, 3.05) is 0 Å². The minimum Gasteiger partial charge on any atom is -0.353 e. The summed E-state index contributed by atoms with van der Waals surface area (Å²) in [4.78, 5) is 14.5. The Bertz CT molecular complexity index is 791. The second-order valence-electron chi connectivity index (χ2n) is 3.93. The molecular weight excluding hydrogens is 325 g/mol. The number of para-hydroxylation sites is 1. The van der Waals surface area contributed by atoms with Gasteiger partial charge in [-0.15, -0.1) is 11.3 Å². The van der Waals surface area contributed by atoms with Gasteiger partial charge in [0, 0.05) is 16.5 Å². The van der Waals surface area contributed by atoms with Crippen LogP contribution in [0.2, 0.25) is 13.7 Å². The smallest absolute Gasteiger partial charge is 0.152 e. The number of benzene rings is 1. The lowest BCUT2D eigenvalue weighted by Gasteiger charge is -1.96. The van der Waals surface area contributed by atoms with E-state index in [1.165, 1.54) is 11.3 Å². The lowest BCUT2D eigenvalue weighted by atomic mass is 10.1. The van der Waals surface area contributed by atoms with E-state index in [1.54, 1.807) is 18.2 Å². The number of H-pyrrole nitrogens is 1. The normalized spacial score (nSPS) is 11.1. The monoisotopic (exact) mass is 329 g/mol. The third kappa shape index (κ3) is 2.07. The van der Waals surface area contributed by atoms with E-state index in [4.69, 9.17) is 34.8 Å². The molecule has 96 valence electrons. The van der Waals surface area contributed by atoms with Crippen LogP contribution in [0, 0.1) is 0 Å². The minimum absolute atomic E-state index is 0.536. The topological polar surface area (TPSA) is 32.9 Å². The van der Waals surface area contributed by atoms with Crippen LogP contribution in [0.15, 0.2) is 24.3 Å². The molecule has 0 bridgehead atoms. The Balaban J connectivity index is 2.38. The van der Waals surface area contributed by atoms with Crippen LogP contribution in [0.25, 0.3) is 22.2 Å². The van der Waals surface area contributed by atoms with Crippen molar-refractivity contribution in [3.63, 3.8) is 0 Å². The van der Waals surface area contributed by atoms with Crippen molar-refractivity contribution in [1.82, 2.24) is 4.98 Å². The highest BCUT2D eigenvalue weighted by Gasteiger charge is 2.18. The molecule has 3 rings (SSSR count). The van der Waals surface area contributed by atoms with E-state index in [0.29, 0.717) is 30.5 Å². The molecule has 0 saturated carbocycles. The zero-order valence-electron chi connectivity index (χ0n) is 9.34. The van der Waals surface area contributed by atoms with Crippen molar-refractivity contribution in [3.05, 3.63) is 43.5 Å². The predicted octanol–water partition coefficient (Wildman–Crippen LogP) is 5.67. The van der Waals surface area contributed by atoms with E-state index < -0.39 is 0 Å². The molecule has 0 atom stereocenters. The van der Waals surface area contributed by atoms with Gasteiger partial charge in [0.2, 0.25) is 0 Å². The molecule has 0 spiro atoms. The fourth-order valence-corrected chi connectivity index (χ4v) is 3.75. The van der Waals surface area contributed by atoms with Gasteiger partial charge >= 0.3 is 0 Å². The van der Waals surface area contributed by atoms with Gasteiger partial charge in [-0.2, -0.15) is 0 Å². The van der Waals surface area contributed by atoms with E-state index in [-0.39, 0.29) is 0 Å². The molecule has 0 fully saturated rings. The van der Waals surface area contributed by atoms with Gasteiger partial charge in [0.15, 0.2) is 6.29 Å². The second-order valence-corrected chi connectivity index (χ2v) is 6.62. The highest BCUT2D eigenvalue weighted by Crippen LogP contribution is 2.41. The number of fused-ring (bicyclic) bond motifs is 1. The largest absolute Gasteiger partial charge is 0.353 e. The lowest BCUT2D eigenvalue weighted by molar-refractivity contribution is 0.112. The summed E-state index contributed by atoms with van der Waals surface area (Å²) in [6.07, 6.45) is 0.798. The number of aromatic amines is 1. The summed E-state index contributed by atoms with van der Waals surface area (Å²) in [7, 11) is 0. The van der Waals surface area contributed by atoms with Gasteiger partial charge in [0.1, 0.15) is 4.34 Å². The fourth-order valence-electron chi connectivity index (χ4n) is 2.05. The zero-order chi connectivity index (χ0) is 13.6. The van der Waals surface area contributed by atoms with Gasteiger partial charge in [-0.05, 0) is 12.1 Å². The summed E-state index contributed by atoms with van der Waals surface area (Å²) in [6.45, 7) is 0. The van der Waals surface area contributed by atoms with Crippen LogP contribution >= 0.6 is 46.1 Å². The van der Waals surface area contributed by atoms with E-state index >= 15 is 0 Å². The Hall–Kier alpha value is -1.00. The molecule has 2 nitrogen and oxygen atoms in total. The Morgan fingerprint density at radius 1 is 1.21 bits per heavy atom. The predicted molar refractivity (Wildman–Crippen MR) is 82.0 cm³/mol. The molecule has 6 heteroatoms. The summed E-state index contributed by atoms with van der Waals surface area (Å²) in [5.41, 5.74) is 2.62. The van der Waals surface area contributed by atoms with Crippen molar-refractivity contribution in [2.45, 2.75) is 0 Å². The lowest BCUT2D eigenvalue weighted by Crippen LogP contribution is -1.82. The molecule has 3 aromatic rings. The molecule has 1 aromatic carbocycles. The summed E-state index contributed by atoms with van der Waals surface area (Å²) in [6, 6.07) is 7.14. The van der Waals surface area contributed by atoms with Crippen LogP contribution in [-0.4, -0.2) is 11.3 Å². The van der Waals surface area contributed by atoms with Gasteiger partial charge in [0.25, 0.3) is 0 Å². The van der Waals surface area contributed by atoms with Gasteiger partial charge < -0.3 is 4.98 Å². The van der Waals surface area contributed by atoms with Crippen molar-refractivity contribution >= 4 is 63.3 Å². The van der Waals surface area contributed by atoms with Crippen molar-refractivity contribution in [2.24, 2.45) is 0 Å². The summed E-state index contributed by atoms with van der Waals surface area (Å²) >= 11 is 19.5. The summed E-state index contributed by atoms with van der Waals surface area (Å²) in [5.74, 6) is 0. The number of hydrogen-bond donors (Lipinski definition) is 1. The third-order valence-corrected chi connectivity index (χ3v) is 4.67. The van der Waals surface area contributed by atoms with Crippen LogP contribution in [0.4, 0.5) is 0 Å². The zero-order valence-corrected chi connectivity index (χ0v) is 12.4. The maximum atomic E-state index is 11.4. The Morgan fingerprint density at radius 3 is 2.63 bits per heavy atom. The average Bonchev–Trinajstić information content (AvgIpc) is 2.90. The number of rotatable bonds is 2. The van der Waals surface area contributed by atoms with Gasteiger partial charge in [-0.25, -0.2) is 0 Å². The fraction of sp³-hybridized carbons (Fsp3) is 0. The van der Waals surface area contributed by atoms with Crippen LogP contribution < -0.4 is 0 Å². The second kappa shape index (κ2) is 4.84. The highest BCUT2D eigenvalue weighted by atomic mass is 35.5. The Labute approximate surface area is 127 Å². The van der Waals surface area contributed by atoms with Crippen LogP contribution in [0.1, 0.15) is 10.4 Å². The van der Waals surface area contributed by atoms with Crippen molar-refractivity contribution in [1.29, 1.82) is 0 Å². The van der Waals surface area contributed by atoms with Gasteiger partial charge in [-0.1, -0.05) is 46.9 Å². The van der Waals surface area contributed by atoms with Crippen molar-refractivity contribution in [3.8, 4) is 11.3 Å². The number of thiophene rings is 1. The van der Waals surface area contributed by atoms with Crippen LogP contribution in [0.5, 0.6) is 0 Å². The first-order valence-electron chi connectivity index (χ1n) is 5.32. The summed E-state index contributed by atoms with van der Waals surface area (Å²) < 4.78 is 1.11. The van der Waals surface area contributed by atoms with E-state index in [0.717, 1.165) is 17.2 Å². The molecule has 0 saturated heterocycles. The standard InChI is InChI=1S/C13H6Cl3NOS/c14-9-3-1-2-6-8(5-18)11(17-12(6)9)7-4-10(15)19-13(7)16/h1-5,17H. The summed E-state index contributed by atoms with van der Waals surface area (Å²) in [5, 5.41) is 1.33. The molecule has 0 aliphatic heterocycles. The van der Waals surface area contributed by atoms with Crippen LogP contribution in [0.3, 0.4) is 0 Å². The minimum atomic E-state index is 0.536. The van der Waals surface area contributed by atoms with Crippen molar-refractivity contribution < 1.29 is 4.79 Å². The number of halogens is 3. The number of carbonyl (C=O) groups excluding carboxylic acids is 1. The van der Waals surface area contributed by atoms with Crippen LogP contribution in [-0.2, 0) is 0 Å². The number of nitrogens with one attached hydrogen (secondary N) is 1. The molecule has 0 unspecified atom stereocenters. The average molecular weight is 331 g/mol. The molecule has 0 amide bonds. The number of aromatic nitrogens is 1. The van der Waals surface area contributed by atoms with E-state index in [2.05, 4.69) is 4.98 Å². The SMILES string of the molecule is O=Cc1c(-c2cc(Cl)sc2Cl)[nH]c2c(Cl)cccc12. The maximum absolute atomic E-state index is 11.4. The quantitative estimate of drug-likeness (QED) is 0.603. The van der Waals surface area contributed by atoms with Gasteiger partial charge in [-0.3, -0.25) is 4.79 Å². The molecule has 0 aliphatic rings. The molecular formula is C13H6Cl3NOS. The first-order valence-corrected chi connectivity index (χ1v) is 7.27. The molecule has 0 radical (unpaired) electrons. The molecule has 2 heterocycles. The number of aldehydes is 1. The Morgan fingerprint density at radius 2 is 2.00 bits per heavy atom. The molecule has 0 aliphatic carbocycles. The van der Waals surface area contributed by atoms with Gasteiger partial charge in [0.05, 0.1) is 20.6 Å². The number of carbonyl (C=O) groups is 1. The first-order chi connectivity index (χ1) is 9.11. The van der Waals surface area contributed by atoms with E-state index in [9.17, 15) is 4.79 Å². The number of hydrogen-bond acceptors (Lipinski definition) is 2.